The zero-order chi connectivity index (χ0) is 39.9. The number of hydrogen-bond donors (Lipinski definition) is 2. The number of aryl methyl sites for hydroxylation is 1. The van der Waals surface area contributed by atoms with E-state index >= 15 is 0 Å². The molecule has 1 aromatic carbocycles. The van der Waals surface area contributed by atoms with Crippen LogP contribution in [0.2, 0.25) is 0 Å². The van der Waals surface area contributed by atoms with E-state index in [2.05, 4.69) is 10.0 Å². The molecule has 1 aromatic heterocycles. The van der Waals surface area contributed by atoms with Crippen LogP contribution in [0.5, 0.6) is 0 Å². The van der Waals surface area contributed by atoms with E-state index in [-0.39, 0.29) is 55.5 Å². The van der Waals surface area contributed by atoms with Crippen molar-refractivity contribution in [3.63, 3.8) is 0 Å². The van der Waals surface area contributed by atoms with Crippen LogP contribution >= 0.6 is 0 Å². The molecular weight excluding hydrogens is 747 g/mol. The zero-order valence-corrected chi connectivity index (χ0v) is 33.4. The Morgan fingerprint density at radius 1 is 0.930 bits per heavy atom. The van der Waals surface area contributed by atoms with Crippen molar-refractivity contribution < 1.29 is 37.1 Å². The van der Waals surface area contributed by atoms with E-state index in [4.69, 9.17) is 9.72 Å². The van der Waals surface area contributed by atoms with Crippen LogP contribution in [0.1, 0.15) is 99.5 Å². The number of amides is 4. The maximum atomic E-state index is 14.7. The van der Waals surface area contributed by atoms with Crippen LogP contribution in [0.3, 0.4) is 0 Å². The van der Waals surface area contributed by atoms with Crippen molar-refractivity contribution in [2.24, 2.45) is 23.7 Å². The number of sulfonamides is 1. The maximum absolute atomic E-state index is 14.7. The molecule has 8 rings (SSSR count). The van der Waals surface area contributed by atoms with Crippen LogP contribution in [-0.4, -0.2) is 95.4 Å². The monoisotopic (exact) mass is 799 g/mol. The lowest BCUT2D eigenvalue weighted by Gasteiger charge is -2.32. The van der Waals surface area contributed by atoms with Crippen molar-refractivity contribution in [2.75, 3.05) is 19.6 Å². The fraction of sp³-hybridized carbons (Fsp3) is 0.581. The number of pyridine rings is 1. The summed E-state index contributed by atoms with van der Waals surface area (Å²) in [5.74, 6) is -4.19. The van der Waals surface area contributed by atoms with Crippen molar-refractivity contribution in [1.29, 1.82) is 0 Å². The minimum Gasteiger partial charge on any atom is -0.462 e. The lowest BCUT2D eigenvalue weighted by molar-refractivity contribution is -0.154. The summed E-state index contributed by atoms with van der Waals surface area (Å²) in [6, 6.07) is 12.2. The Balaban J connectivity index is 1.07. The molecule has 3 saturated carbocycles. The number of nitrogens with one attached hydrogen (secondary N) is 2. The number of esters is 1. The van der Waals surface area contributed by atoms with E-state index in [1.54, 1.807) is 21.9 Å². The summed E-state index contributed by atoms with van der Waals surface area (Å²) in [4.78, 5) is 78.6. The molecule has 57 heavy (non-hydrogen) atoms. The quantitative estimate of drug-likeness (QED) is 0.289. The Bertz CT molecular complexity index is 2040. The number of allylic oxidation sites excluding steroid dienone is 1. The van der Waals surface area contributed by atoms with Crippen LogP contribution in [0.25, 0.3) is 11.3 Å². The number of fused-ring (bicyclic) bond motifs is 4. The number of hydrogen-bond acceptors (Lipinski definition) is 9. The first-order chi connectivity index (χ1) is 27.4. The Morgan fingerprint density at radius 3 is 2.44 bits per heavy atom. The first-order valence-corrected chi connectivity index (χ1v) is 22.3. The SMILES string of the molecule is Cc1ccc(-c2cccc(C(=O)N3C[C@H]4CN5C(=O)[C@@H](CC(=O)OC6CCCC6)CCCCC/C=C\[C@@H]6C[C@@]6(C(=O)NS(=O)(=O)C6CC6)NC(=O)[C@@H]5[C@H]4C3)n2)cc1. The summed E-state index contributed by atoms with van der Waals surface area (Å²) in [5.41, 5.74) is 1.43. The average Bonchev–Trinajstić information content (AvgIpc) is 4.01. The molecule has 304 valence electrons. The molecule has 13 nitrogen and oxygen atoms in total. The summed E-state index contributed by atoms with van der Waals surface area (Å²) < 4.78 is 33.9. The minimum absolute atomic E-state index is 0.0868. The molecular formula is C43H53N5O8S. The molecule has 4 amide bonds. The third-order valence-electron chi connectivity index (χ3n) is 12.9. The molecule has 6 atom stereocenters. The third kappa shape index (κ3) is 8.38. The Kier molecular flexibility index (Phi) is 11.0. The standard InChI is InChI=1S/C43H53N5O8S/c1-27-16-18-28(19-17-27)35-14-9-15-36(44-35)41(52)47-24-30-25-48-38(34(30)26-47)39(50)45-43(42(53)46-57(54,55)33-20-21-33)23-31(43)11-6-4-2-3-5-10-29(40(48)51)22-37(49)56-32-12-7-8-13-32/h6,9,11,14-19,29-34,38H,2-5,7-8,10,12-13,20-26H2,1H3,(H,45,50)(H,46,53)/b11-6-/t29-,30+,31-,34+,38+,43-/m1/s1. The Morgan fingerprint density at radius 2 is 1.68 bits per heavy atom. The predicted molar refractivity (Wildman–Crippen MR) is 211 cm³/mol. The van der Waals surface area contributed by atoms with Crippen molar-refractivity contribution in [2.45, 2.75) is 113 Å². The molecule has 14 heteroatoms. The van der Waals surface area contributed by atoms with Gasteiger partial charge in [-0.25, -0.2) is 13.4 Å². The smallest absolute Gasteiger partial charge is 0.306 e. The highest BCUT2D eigenvalue weighted by atomic mass is 32.2. The number of rotatable bonds is 8. The molecule has 5 fully saturated rings. The molecule has 2 N–H and O–H groups in total. The van der Waals surface area contributed by atoms with Crippen molar-refractivity contribution in [3.8, 4) is 11.3 Å². The van der Waals surface area contributed by atoms with Crippen molar-refractivity contribution in [1.82, 2.24) is 24.8 Å². The maximum Gasteiger partial charge on any atom is 0.306 e. The van der Waals surface area contributed by atoms with Gasteiger partial charge in [0.1, 0.15) is 23.4 Å². The van der Waals surface area contributed by atoms with Crippen LogP contribution in [0.4, 0.5) is 0 Å². The predicted octanol–water partition coefficient (Wildman–Crippen LogP) is 4.45. The van der Waals surface area contributed by atoms with Gasteiger partial charge in [-0.15, -0.1) is 0 Å². The van der Waals surface area contributed by atoms with Crippen LogP contribution in [0.15, 0.2) is 54.6 Å². The van der Waals surface area contributed by atoms with Gasteiger partial charge in [0.15, 0.2) is 0 Å². The Labute approximate surface area is 334 Å². The van der Waals surface area contributed by atoms with Crippen LogP contribution in [-0.2, 0) is 33.9 Å². The number of likely N-dealkylation sites (tertiary alicyclic amines) is 1. The van der Waals surface area contributed by atoms with Crippen molar-refractivity contribution in [3.05, 3.63) is 65.9 Å². The van der Waals surface area contributed by atoms with Gasteiger partial charge in [0.05, 0.1) is 17.4 Å². The lowest BCUT2D eigenvalue weighted by Crippen LogP contribution is -2.58. The molecule has 0 spiro atoms. The fourth-order valence-electron chi connectivity index (χ4n) is 9.41. The second-order valence-electron chi connectivity index (χ2n) is 17.2. The zero-order valence-electron chi connectivity index (χ0n) is 32.6. The third-order valence-corrected chi connectivity index (χ3v) is 14.8. The minimum atomic E-state index is -3.90. The van der Waals surface area contributed by atoms with Gasteiger partial charge in [-0.3, -0.25) is 28.7 Å². The van der Waals surface area contributed by atoms with E-state index in [9.17, 15) is 32.4 Å². The lowest BCUT2D eigenvalue weighted by atomic mass is 9.92. The van der Waals surface area contributed by atoms with Gasteiger partial charge >= 0.3 is 5.97 Å². The second kappa shape index (κ2) is 16.0. The fourth-order valence-corrected chi connectivity index (χ4v) is 10.8. The summed E-state index contributed by atoms with van der Waals surface area (Å²) in [7, 11) is -3.90. The second-order valence-corrected chi connectivity index (χ2v) is 19.1. The van der Waals surface area contributed by atoms with Crippen molar-refractivity contribution >= 4 is 39.6 Å². The number of nitrogens with zero attached hydrogens (tertiary/aromatic N) is 3. The van der Waals surface area contributed by atoms with Gasteiger partial charge in [-0.1, -0.05) is 60.9 Å². The highest BCUT2D eigenvalue weighted by molar-refractivity contribution is 7.91. The van der Waals surface area contributed by atoms with Gasteiger partial charge in [0, 0.05) is 48.9 Å². The average molecular weight is 800 g/mol. The van der Waals surface area contributed by atoms with Gasteiger partial charge in [-0.05, 0) is 83.3 Å². The highest BCUT2D eigenvalue weighted by Crippen LogP contribution is 2.47. The number of ether oxygens (including phenoxy) is 1. The van der Waals surface area contributed by atoms with Gasteiger partial charge in [0.2, 0.25) is 21.8 Å². The molecule has 0 bridgehead atoms. The van der Waals surface area contributed by atoms with E-state index in [0.717, 1.165) is 56.1 Å². The van der Waals surface area contributed by atoms with E-state index in [1.807, 2.05) is 49.4 Å². The van der Waals surface area contributed by atoms with Gasteiger partial charge < -0.3 is 19.9 Å². The molecule has 0 unspecified atom stereocenters. The normalized spacial score (nSPS) is 29.9. The molecule has 3 aliphatic heterocycles. The van der Waals surface area contributed by atoms with Crippen LogP contribution < -0.4 is 10.0 Å². The topological polar surface area (TPSA) is 172 Å². The molecule has 0 radical (unpaired) electrons. The molecule has 2 saturated heterocycles. The largest absolute Gasteiger partial charge is 0.462 e. The molecule has 2 aromatic rings. The number of aromatic nitrogens is 1. The number of carbonyl (C=O) groups is 5. The van der Waals surface area contributed by atoms with Gasteiger partial charge in [0.25, 0.3) is 11.8 Å². The van der Waals surface area contributed by atoms with E-state index in [1.165, 1.54) is 0 Å². The number of carbonyl (C=O) groups excluding carboxylic acids is 5. The van der Waals surface area contributed by atoms with Crippen LogP contribution in [0, 0.1) is 30.6 Å². The first-order valence-electron chi connectivity index (χ1n) is 20.8. The van der Waals surface area contributed by atoms with E-state index in [0.29, 0.717) is 37.9 Å². The van der Waals surface area contributed by atoms with E-state index < -0.39 is 62.4 Å². The van der Waals surface area contributed by atoms with Gasteiger partial charge in [-0.2, -0.15) is 0 Å². The molecule has 6 aliphatic rings. The number of benzene rings is 1. The Hall–Kier alpha value is -4.59. The first kappa shape index (κ1) is 39.2. The summed E-state index contributed by atoms with van der Waals surface area (Å²) in [6.45, 7) is 2.66. The summed E-state index contributed by atoms with van der Waals surface area (Å²) in [6.07, 6.45) is 12.0. The molecule has 4 heterocycles. The summed E-state index contributed by atoms with van der Waals surface area (Å²) >= 11 is 0. The highest BCUT2D eigenvalue weighted by Gasteiger charge is 2.63. The molecule has 3 aliphatic carbocycles. The summed E-state index contributed by atoms with van der Waals surface area (Å²) in [5, 5.41) is 2.34.